The van der Waals surface area contributed by atoms with Crippen LogP contribution in [-0.2, 0) is 13.0 Å². The van der Waals surface area contributed by atoms with E-state index in [1.54, 1.807) is 0 Å². The van der Waals surface area contributed by atoms with Gasteiger partial charge in [0.05, 0.1) is 5.52 Å². The van der Waals surface area contributed by atoms with Gasteiger partial charge in [0.2, 0.25) is 5.91 Å². The van der Waals surface area contributed by atoms with Crippen molar-refractivity contribution in [3.63, 3.8) is 0 Å². The van der Waals surface area contributed by atoms with Gasteiger partial charge in [0.1, 0.15) is 0 Å². The Morgan fingerprint density at radius 1 is 0.867 bits per heavy atom. The van der Waals surface area contributed by atoms with Gasteiger partial charge in [-0.3, -0.25) is 4.79 Å². The second-order valence-corrected chi connectivity index (χ2v) is 7.89. The number of carbonyl (C=O) groups is 1. The van der Waals surface area contributed by atoms with Crippen LogP contribution in [0.1, 0.15) is 34.8 Å². The smallest absolute Gasteiger partial charge is 0.249 e. The molecule has 0 radical (unpaired) electrons. The van der Waals surface area contributed by atoms with Crippen molar-refractivity contribution in [3.05, 3.63) is 95.6 Å². The summed E-state index contributed by atoms with van der Waals surface area (Å²) in [7, 11) is 0. The quantitative estimate of drug-likeness (QED) is 0.389. The first-order valence-electron chi connectivity index (χ1n) is 10.5. The molecule has 0 atom stereocenters. The average Bonchev–Trinajstić information content (AvgIpc) is 3.07. The average molecular weight is 393 g/mol. The summed E-state index contributed by atoms with van der Waals surface area (Å²) in [5.41, 5.74) is 11.1. The number of fused-ring (bicyclic) bond motifs is 4. The number of benzene rings is 4. The molecule has 1 amide bonds. The van der Waals surface area contributed by atoms with Crippen molar-refractivity contribution in [2.75, 3.05) is 0 Å². The van der Waals surface area contributed by atoms with E-state index in [0.29, 0.717) is 5.56 Å². The molecule has 1 aromatic heterocycles. The second-order valence-electron chi connectivity index (χ2n) is 7.89. The van der Waals surface area contributed by atoms with Crippen molar-refractivity contribution in [2.24, 2.45) is 5.73 Å². The maximum atomic E-state index is 12.2. The van der Waals surface area contributed by atoms with Gasteiger partial charge in [0.25, 0.3) is 0 Å². The van der Waals surface area contributed by atoms with Crippen LogP contribution in [0, 0.1) is 0 Å². The molecule has 148 valence electrons. The van der Waals surface area contributed by atoms with Gasteiger partial charge in [-0.05, 0) is 46.5 Å². The number of aryl methyl sites for hydroxylation is 1. The van der Waals surface area contributed by atoms with E-state index >= 15 is 0 Å². The molecule has 3 nitrogen and oxygen atoms in total. The lowest BCUT2D eigenvalue weighted by Gasteiger charge is -2.11. The number of aromatic nitrogens is 1. The first-order chi connectivity index (χ1) is 14.7. The Labute approximate surface area is 175 Å². The lowest BCUT2D eigenvalue weighted by molar-refractivity contribution is 0.100. The molecule has 5 rings (SSSR count). The Morgan fingerprint density at radius 3 is 2.50 bits per heavy atom. The van der Waals surface area contributed by atoms with Crippen LogP contribution in [0.5, 0.6) is 0 Å². The van der Waals surface area contributed by atoms with E-state index in [9.17, 15) is 4.79 Å². The molecule has 4 aromatic carbocycles. The zero-order valence-electron chi connectivity index (χ0n) is 17.1. The fourth-order valence-corrected chi connectivity index (χ4v) is 4.61. The first-order valence-corrected chi connectivity index (χ1v) is 10.5. The summed E-state index contributed by atoms with van der Waals surface area (Å²) in [6.45, 7) is 2.93. The Bertz CT molecular complexity index is 1410. The molecular weight excluding hydrogens is 368 g/mol. The molecule has 0 fully saturated rings. The van der Waals surface area contributed by atoms with Gasteiger partial charge in [-0.15, -0.1) is 0 Å². The zero-order chi connectivity index (χ0) is 20.7. The van der Waals surface area contributed by atoms with E-state index in [-0.39, 0.29) is 5.91 Å². The topological polar surface area (TPSA) is 48.0 Å². The molecule has 0 aliphatic rings. The molecule has 0 unspecified atom stereocenters. The normalized spacial score (nSPS) is 11.5. The lowest BCUT2D eigenvalue weighted by atomic mass is 10.0. The van der Waals surface area contributed by atoms with Crippen LogP contribution in [0.4, 0.5) is 0 Å². The van der Waals surface area contributed by atoms with Crippen LogP contribution in [0.25, 0.3) is 32.6 Å². The van der Waals surface area contributed by atoms with Crippen molar-refractivity contribution in [1.29, 1.82) is 0 Å². The number of amides is 1. The minimum atomic E-state index is -0.387. The molecule has 0 saturated heterocycles. The fourth-order valence-electron chi connectivity index (χ4n) is 4.61. The highest BCUT2D eigenvalue weighted by Gasteiger charge is 2.17. The maximum absolute atomic E-state index is 12.2. The molecule has 0 spiro atoms. The van der Waals surface area contributed by atoms with Crippen molar-refractivity contribution < 1.29 is 4.79 Å². The molecule has 5 aromatic rings. The van der Waals surface area contributed by atoms with E-state index in [2.05, 4.69) is 78.2 Å². The van der Waals surface area contributed by atoms with Crippen LogP contribution in [0.15, 0.2) is 78.9 Å². The summed E-state index contributed by atoms with van der Waals surface area (Å²) in [5, 5.41) is 4.52. The predicted octanol–water partition coefficient (Wildman–Crippen LogP) is 6.05. The summed E-state index contributed by atoms with van der Waals surface area (Å²) >= 11 is 0. The Kier molecular flexibility index (Phi) is 4.51. The molecule has 1 heterocycles. The number of nitrogens with zero attached hydrogens (tertiary/aromatic N) is 1. The minimum Gasteiger partial charge on any atom is -0.366 e. The summed E-state index contributed by atoms with van der Waals surface area (Å²) < 4.78 is 2.33. The highest BCUT2D eigenvalue weighted by molar-refractivity contribution is 6.18. The third kappa shape index (κ3) is 2.94. The molecule has 0 bridgehead atoms. The lowest BCUT2D eigenvalue weighted by Crippen LogP contribution is -2.11. The number of primary amides is 1. The van der Waals surface area contributed by atoms with E-state index in [1.807, 2.05) is 12.1 Å². The number of nitrogens with two attached hydrogens (primary N) is 1. The molecule has 3 heteroatoms. The maximum Gasteiger partial charge on any atom is 0.249 e. The SMILES string of the molecule is CCCc1ccc2c3c(C(N)=O)cccc3n(Cc3cccc4ccccc34)c2c1. The van der Waals surface area contributed by atoms with Crippen molar-refractivity contribution in [1.82, 2.24) is 4.57 Å². The number of hydrogen-bond acceptors (Lipinski definition) is 1. The van der Waals surface area contributed by atoms with Crippen LogP contribution < -0.4 is 5.73 Å². The minimum absolute atomic E-state index is 0.387. The molecule has 30 heavy (non-hydrogen) atoms. The molecule has 0 aliphatic heterocycles. The van der Waals surface area contributed by atoms with E-state index in [0.717, 1.165) is 41.2 Å². The summed E-state index contributed by atoms with van der Waals surface area (Å²) in [6.07, 6.45) is 2.13. The van der Waals surface area contributed by atoms with Crippen LogP contribution in [0.3, 0.4) is 0 Å². The third-order valence-corrected chi connectivity index (χ3v) is 5.97. The van der Waals surface area contributed by atoms with Gasteiger partial charge in [-0.25, -0.2) is 0 Å². The molecule has 0 aliphatic carbocycles. The van der Waals surface area contributed by atoms with E-state index in [4.69, 9.17) is 5.73 Å². The summed E-state index contributed by atoms with van der Waals surface area (Å²) in [6, 6.07) is 27.4. The Hall–Kier alpha value is -3.59. The van der Waals surface area contributed by atoms with Crippen LogP contribution >= 0.6 is 0 Å². The summed E-state index contributed by atoms with van der Waals surface area (Å²) in [4.78, 5) is 12.2. The van der Waals surface area contributed by atoms with E-state index < -0.39 is 0 Å². The largest absolute Gasteiger partial charge is 0.366 e. The van der Waals surface area contributed by atoms with Gasteiger partial charge in [0.15, 0.2) is 0 Å². The van der Waals surface area contributed by atoms with Crippen LogP contribution in [-0.4, -0.2) is 10.5 Å². The summed E-state index contributed by atoms with van der Waals surface area (Å²) in [5.74, 6) is -0.387. The van der Waals surface area contributed by atoms with Crippen molar-refractivity contribution >= 4 is 38.5 Å². The van der Waals surface area contributed by atoms with Gasteiger partial charge in [0, 0.05) is 28.4 Å². The van der Waals surface area contributed by atoms with Gasteiger partial charge in [-0.1, -0.05) is 74.0 Å². The Balaban J connectivity index is 1.81. The van der Waals surface area contributed by atoms with Gasteiger partial charge < -0.3 is 10.3 Å². The van der Waals surface area contributed by atoms with Crippen LogP contribution in [0.2, 0.25) is 0 Å². The number of carbonyl (C=O) groups excluding carboxylic acids is 1. The van der Waals surface area contributed by atoms with Gasteiger partial charge >= 0.3 is 0 Å². The molecule has 2 N–H and O–H groups in total. The zero-order valence-corrected chi connectivity index (χ0v) is 17.1. The fraction of sp³-hybridized carbons (Fsp3) is 0.148. The predicted molar refractivity (Wildman–Crippen MR) is 125 cm³/mol. The first kappa shape index (κ1) is 18.4. The Morgan fingerprint density at radius 2 is 1.67 bits per heavy atom. The molecular formula is C27H24N2O. The number of hydrogen-bond donors (Lipinski definition) is 1. The second kappa shape index (κ2) is 7.34. The third-order valence-electron chi connectivity index (χ3n) is 5.97. The van der Waals surface area contributed by atoms with Crippen molar-refractivity contribution in [3.8, 4) is 0 Å². The van der Waals surface area contributed by atoms with E-state index in [1.165, 1.54) is 21.9 Å². The van der Waals surface area contributed by atoms with Gasteiger partial charge in [-0.2, -0.15) is 0 Å². The number of rotatable bonds is 5. The highest BCUT2D eigenvalue weighted by Crippen LogP contribution is 2.34. The van der Waals surface area contributed by atoms with Crippen molar-refractivity contribution in [2.45, 2.75) is 26.3 Å². The monoisotopic (exact) mass is 392 g/mol. The highest BCUT2D eigenvalue weighted by atomic mass is 16.1. The standard InChI is InChI=1S/C27H24N2O/c1-2-7-18-14-15-22-25(16-18)29(24-13-6-12-23(26(22)24)27(28)30)17-20-10-5-9-19-8-3-4-11-21(19)20/h3-6,8-16H,2,7,17H2,1H3,(H2,28,30). The molecule has 0 saturated carbocycles.